The fraction of sp³-hybridized carbons (Fsp3) is 0.125. The van der Waals surface area contributed by atoms with Gasteiger partial charge in [-0.3, -0.25) is 14.6 Å². The van der Waals surface area contributed by atoms with Gasteiger partial charge in [0.25, 0.3) is 11.5 Å². The maximum absolute atomic E-state index is 13.0. The van der Waals surface area contributed by atoms with Crippen molar-refractivity contribution in [1.29, 1.82) is 0 Å². The molecular formula is C24H20BrN3O2. The van der Waals surface area contributed by atoms with Crippen LogP contribution in [0.3, 0.4) is 0 Å². The maximum atomic E-state index is 13.0. The fourth-order valence-electron chi connectivity index (χ4n) is 3.32. The number of nitrogens with zero attached hydrogens (tertiary/aromatic N) is 2. The summed E-state index contributed by atoms with van der Waals surface area (Å²) >= 11 is 3.40. The molecule has 6 heteroatoms. The summed E-state index contributed by atoms with van der Waals surface area (Å²) in [6.07, 6.45) is 1.75. The minimum Gasteiger partial charge on any atom is -0.348 e. The number of aryl methyl sites for hydroxylation is 1. The van der Waals surface area contributed by atoms with Crippen molar-refractivity contribution in [3.8, 4) is 0 Å². The van der Waals surface area contributed by atoms with E-state index in [2.05, 4.69) is 26.2 Å². The number of aromatic nitrogens is 2. The quantitative estimate of drug-likeness (QED) is 0.477. The zero-order valence-electron chi connectivity index (χ0n) is 16.4. The van der Waals surface area contributed by atoms with Crippen LogP contribution in [0.1, 0.15) is 27.2 Å². The number of rotatable bonds is 5. The zero-order valence-corrected chi connectivity index (χ0v) is 18.0. The first kappa shape index (κ1) is 20.0. The lowest BCUT2D eigenvalue weighted by Crippen LogP contribution is -2.25. The van der Waals surface area contributed by atoms with Crippen molar-refractivity contribution in [3.63, 3.8) is 0 Å². The first-order chi connectivity index (χ1) is 14.5. The normalized spacial score (nSPS) is 10.9. The molecule has 30 heavy (non-hydrogen) atoms. The van der Waals surface area contributed by atoms with Gasteiger partial charge in [-0.05, 0) is 42.3 Å². The van der Waals surface area contributed by atoms with E-state index in [-0.39, 0.29) is 11.5 Å². The van der Waals surface area contributed by atoms with Crippen molar-refractivity contribution in [2.24, 2.45) is 0 Å². The third kappa shape index (κ3) is 4.33. The Morgan fingerprint density at radius 1 is 1.03 bits per heavy atom. The molecule has 0 spiro atoms. The van der Waals surface area contributed by atoms with Crippen molar-refractivity contribution in [2.75, 3.05) is 0 Å². The molecule has 1 amide bonds. The maximum Gasteiger partial charge on any atom is 0.260 e. The average Bonchev–Trinajstić information content (AvgIpc) is 2.75. The van der Waals surface area contributed by atoms with Crippen molar-refractivity contribution in [3.05, 3.63) is 110 Å². The summed E-state index contributed by atoms with van der Waals surface area (Å²) in [5, 5.41) is 3.35. The van der Waals surface area contributed by atoms with E-state index < -0.39 is 0 Å². The highest BCUT2D eigenvalue weighted by Crippen LogP contribution is 2.15. The summed E-state index contributed by atoms with van der Waals surface area (Å²) in [7, 11) is 0. The van der Waals surface area contributed by atoms with E-state index in [0.29, 0.717) is 35.2 Å². The standard InChI is InChI=1S/C24H20BrN3O2/c1-16-20(23(29)26-14-17-7-9-19(25)10-8-17)13-21-22(27-16)11-12-28(24(21)30)15-18-5-3-2-4-6-18/h2-13H,14-15H2,1H3,(H,26,29). The molecular weight excluding hydrogens is 442 g/mol. The van der Waals surface area contributed by atoms with Crippen LogP contribution in [0, 0.1) is 6.92 Å². The number of amides is 1. The lowest BCUT2D eigenvalue weighted by molar-refractivity contribution is 0.0950. The van der Waals surface area contributed by atoms with Gasteiger partial charge >= 0.3 is 0 Å². The third-order valence-corrected chi connectivity index (χ3v) is 5.48. The van der Waals surface area contributed by atoms with E-state index in [9.17, 15) is 9.59 Å². The van der Waals surface area contributed by atoms with Crippen LogP contribution in [-0.2, 0) is 13.1 Å². The van der Waals surface area contributed by atoms with Gasteiger partial charge in [0.2, 0.25) is 0 Å². The first-order valence-corrected chi connectivity index (χ1v) is 10.4. The van der Waals surface area contributed by atoms with Gasteiger partial charge in [0.15, 0.2) is 0 Å². The van der Waals surface area contributed by atoms with Crippen LogP contribution in [0.15, 0.2) is 82.2 Å². The minimum atomic E-state index is -0.248. The zero-order chi connectivity index (χ0) is 21.1. The van der Waals surface area contributed by atoms with E-state index in [0.717, 1.165) is 15.6 Å². The molecule has 0 aliphatic rings. The molecule has 0 saturated carbocycles. The summed E-state index contributed by atoms with van der Waals surface area (Å²) in [6, 6.07) is 21.0. The van der Waals surface area contributed by atoms with E-state index in [1.54, 1.807) is 23.8 Å². The van der Waals surface area contributed by atoms with Crippen LogP contribution in [0.25, 0.3) is 10.9 Å². The Morgan fingerprint density at radius 3 is 2.50 bits per heavy atom. The smallest absolute Gasteiger partial charge is 0.260 e. The number of hydrogen-bond acceptors (Lipinski definition) is 3. The SMILES string of the molecule is Cc1nc2ccn(Cc3ccccc3)c(=O)c2cc1C(=O)NCc1ccc(Br)cc1. The summed E-state index contributed by atoms with van der Waals surface area (Å²) in [5.41, 5.74) is 3.46. The van der Waals surface area contributed by atoms with Crippen LogP contribution in [0.2, 0.25) is 0 Å². The van der Waals surface area contributed by atoms with Gasteiger partial charge in [-0.25, -0.2) is 0 Å². The predicted octanol–water partition coefficient (Wildman–Crippen LogP) is 4.45. The topological polar surface area (TPSA) is 64.0 Å². The van der Waals surface area contributed by atoms with Crippen LogP contribution in [-0.4, -0.2) is 15.5 Å². The number of halogens is 1. The Hall–Kier alpha value is -3.25. The van der Waals surface area contributed by atoms with E-state index >= 15 is 0 Å². The monoisotopic (exact) mass is 461 g/mol. The second-order valence-electron chi connectivity index (χ2n) is 7.10. The highest BCUT2D eigenvalue weighted by Gasteiger charge is 2.14. The molecule has 0 radical (unpaired) electrons. The molecule has 0 fully saturated rings. The Morgan fingerprint density at radius 2 is 1.77 bits per heavy atom. The molecule has 2 aromatic heterocycles. The molecule has 1 N–H and O–H groups in total. The second kappa shape index (κ2) is 8.63. The van der Waals surface area contributed by atoms with Gasteiger partial charge in [-0.1, -0.05) is 58.4 Å². The highest BCUT2D eigenvalue weighted by molar-refractivity contribution is 9.10. The average molecular weight is 462 g/mol. The van der Waals surface area contributed by atoms with Gasteiger partial charge in [-0.2, -0.15) is 0 Å². The van der Waals surface area contributed by atoms with Gasteiger partial charge in [0.1, 0.15) is 0 Å². The van der Waals surface area contributed by atoms with E-state index in [1.165, 1.54) is 0 Å². The Kier molecular flexibility index (Phi) is 5.77. The molecule has 0 bridgehead atoms. The number of fused-ring (bicyclic) bond motifs is 1. The lowest BCUT2D eigenvalue weighted by atomic mass is 10.1. The summed E-state index contributed by atoms with van der Waals surface area (Å²) in [4.78, 5) is 30.3. The molecule has 0 aliphatic heterocycles. The molecule has 0 unspecified atom stereocenters. The van der Waals surface area contributed by atoms with Crippen molar-refractivity contribution >= 4 is 32.7 Å². The van der Waals surface area contributed by atoms with Crippen LogP contribution in [0.5, 0.6) is 0 Å². The van der Waals surface area contributed by atoms with Gasteiger partial charge in [-0.15, -0.1) is 0 Å². The van der Waals surface area contributed by atoms with Gasteiger partial charge < -0.3 is 9.88 Å². The number of hydrogen-bond donors (Lipinski definition) is 1. The number of carbonyl (C=O) groups is 1. The van der Waals surface area contributed by atoms with Gasteiger partial charge in [0.05, 0.1) is 28.7 Å². The minimum absolute atomic E-state index is 0.161. The van der Waals surface area contributed by atoms with E-state index in [4.69, 9.17) is 0 Å². The van der Waals surface area contributed by atoms with Crippen molar-refractivity contribution in [2.45, 2.75) is 20.0 Å². The van der Waals surface area contributed by atoms with Crippen molar-refractivity contribution < 1.29 is 4.79 Å². The molecule has 2 heterocycles. The first-order valence-electron chi connectivity index (χ1n) is 9.58. The summed E-state index contributed by atoms with van der Waals surface area (Å²) in [5.74, 6) is -0.248. The fourth-order valence-corrected chi connectivity index (χ4v) is 3.58. The molecule has 0 aliphatic carbocycles. The number of pyridine rings is 2. The van der Waals surface area contributed by atoms with E-state index in [1.807, 2.05) is 60.7 Å². The number of nitrogens with one attached hydrogen (secondary N) is 1. The molecule has 2 aromatic carbocycles. The van der Waals surface area contributed by atoms with Crippen LogP contribution in [0.4, 0.5) is 0 Å². The largest absolute Gasteiger partial charge is 0.348 e. The lowest BCUT2D eigenvalue weighted by Gasteiger charge is -2.11. The van der Waals surface area contributed by atoms with Crippen LogP contribution >= 0.6 is 15.9 Å². The molecule has 0 atom stereocenters. The molecule has 150 valence electrons. The van der Waals surface area contributed by atoms with Crippen LogP contribution < -0.4 is 10.9 Å². The van der Waals surface area contributed by atoms with Gasteiger partial charge in [0, 0.05) is 17.2 Å². The van der Waals surface area contributed by atoms with Crippen molar-refractivity contribution in [1.82, 2.24) is 14.9 Å². The molecule has 4 rings (SSSR count). The Labute approximate surface area is 182 Å². The summed E-state index contributed by atoms with van der Waals surface area (Å²) < 4.78 is 2.62. The number of carbonyl (C=O) groups excluding carboxylic acids is 1. The summed E-state index contributed by atoms with van der Waals surface area (Å²) in [6.45, 7) is 2.65. The molecule has 4 aromatic rings. The second-order valence-corrected chi connectivity index (χ2v) is 8.01. The predicted molar refractivity (Wildman–Crippen MR) is 122 cm³/mol. The molecule has 5 nitrogen and oxygen atoms in total. The Balaban J connectivity index is 1.62. The Bertz CT molecular complexity index is 1270. The molecule has 0 saturated heterocycles. The third-order valence-electron chi connectivity index (χ3n) is 4.95. The highest BCUT2D eigenvalue weighted by atomic mass is 79.9. The number of benzene rings is 2.